The number of H-pyrrole nitrogens is 1. The van der Waals surface area contributed by atoms with E-state index in [2.05, 4.69) is 25.9 Å². The van der Waals surface area contributed by atoms with Crippen LogP contribution in [0.5, 0.6) is 5.75 Å². The summed E-state index contributed by atoms with van der Waals surface area (Å²) < 4.78 is 5.68. The number of tetrazole rings is 1. The Morgan fingerprint density at radius 2 is 2.25 bits per heavy atom. The van der Waals surface area contributed by atoms with E-state index in [1.54, 1.807) is 24.3 Å². The summed E-state index contributed by atoms with van der Waals surface area (Å²) in [5, 5.41) is 16.0. The number of aromatic amines is 1. The van der Waals surface area contributed by atoms with Crippen molar-refractivity contribution >= 4 is 23.5 Å². The van der Waals surface area contributed by atoms with E-state index in [1.807, 2.05) is 13.8 Å². The van der Waals surface area contributed by atoms with Gasteiger partial charge in [-0.3, -0.25) is 10.1 Å². The highest BCUT2D eigenvalue weighted by atomic mass is 35.5. The summed E-state index contributed by atoms with van der Waals surface area (Å²) in [6.45, 7) is 3.76. The third kappa shape index (κ3) is 3.67. The number of nitrogens with zero attached hydrogens (tertiary/aromatic N) is 3. The molecule has 106 valence electrons. The average Bonchev–Trinajstić information content (AvgIpc) is 2.88. The minimum absolute atomic E-state index is 0.0408. The number of amides is 1. The number of rotatable bonds is 5. The van der Waals surface area contributed by atoms with Crippen LogP contribution in [0, 0.1) is 5.92 Å². The zero-order chi connectivity index (χ0) is 14.5. The fourth-order valence-corrected chi connectivity index (χ4v) is 1.76. The van der Waals surface area contributed by atoms with Gasteiger partial charge in [0.2, 0.25) is 0 Å². The first-order valence-corrected chi connectivity index (χ1v) is 6.40. The van der Waals surface area contributed by atoms with Crippen LogP contribution in [-0.4, -0.2) is 32.6 Å². The molecule has 1 unspecified atom stereocenters. The van der Waals surface area contributed by atoms with Crippen molar-refractivity contribution in [2.24, 2.45) is 5.92 Å². The number of ether oxygens (including phenoxy) is 1. The van der Waals surface area contributed by atoms with Gasteiger partial charge < -0.3 is 4.74 Å². The molecule has 0 radical (unpaired) electrons. The lowest BCUT2D eigenvalue weighted by atomic mass is 10.1. The molecule has 0 fully saturated rings. The average molecular weight is 296 g/mol. The van der Waals surface area contributed by atoms with E-state index < -0.39 is 6.10 Å². The van der Waals surface area contributed by atoms with Crippen LogP contribution >= 0.6 is 11.6 Å². The number of hydrogen-bond acceptors (Lipinski definition) is 5. The van der Waals surface area contributed by atoms with Crippen LogP contribution < -0.4 is 10.1 Å². The lowest BCUT2D eigenvalue weighted by Crippen LogP contribution is -2.37. The zero-order valence-electron chi connectivity index (χ0n) is 11.0. The molecule has 1 atom stereocenters. The predicted molar refractivity (Wildman–Crippen MR) is 73.5 cm³/mol. The zero-order valence-corrected chi connectivity index (χ0v) is 11.8. The van der Waals surface area contributed by atoms with Crippen molar-refractivity contribution in [1.29, 1.82) is 0 Å². The topological polar surface area (TPSA) is 92.8 Å². The molecular formula is C12H14ClN5O2. The van der Waals surface area contributed by atoms with Crippen molar-refractivity contribution in [3.05, 3.63) is 29.3 Å². The highest BCUT2D eigenvalue weighted by Gasteiger charge is 2.25. The number of halogens is 1. The lowest BCUT2D eigenvalue weighted by Gasteiger charge is -2.21. The van der Waals surface area contributed by atoms with Crippen molar-refractivity contribution in [2.45, 2.75) is 20.0 Å². The van der Waals surface area contributed by atoms with E-state index in [1.165, 1.54) is 0 Å². The molecule has 0 spiro atoms. The maximum Gasteiger partial charge on any atom is 0.269 e. The number of carbonyl (C=O) groups is 1. The van der Waals surface area contributed by atoms with Crippen molar-refractivity contribution in [3.8, 4) is 5.75 Å². The summed E-state index contributed by atoms with van der Waals surface area (Å²) in [4.78, 5) is 12.2. The second kappa shape index (κ2) is 6.33. The van der Waals surface area contributed by atoms with Crippen molar-refractivity contribution < 1.29 is 9.53 Å². The monoisotopic (exact) mass is 295 g/mol. The Hall–Kier alpha value is -2.15. The number of aromatic nitrogens is 4. The van der Waals surface area contributed by atoms with Gasteiger partial charge >= 0.3 is 0 Å². The summed E-state index contributed by atoms with van der Waals surface area (Å²) in [5.41, 5.74) is 0. The molecule has 0 aliphatic rings. The van der Waals surface area contributed by atoms with Gasteiger partial charge in [0.25, 0.3) is 11.9 Å². The molecule has 0 saturated heterocycles. The molecular weight excluding hydrogens is 282 g/mol. The van der Waals surface area contributed by atoms with Crippen LogP contribution in [0.15, 0.2) is 24.3 Å². The largest absolute Gasteiger partial charge is 0.480 e. The number of nitrogens with one attached hydrogen (secondary N) is 2. The van der Waals surface area contributed by atoms with Gasteiger partial charge in [-0.25, -0.2) is 0 Å². The standard InChI is InChI=1S/C12H14ClN5O2/c1-7(2)10(11(19)14-12-15-17-18-16-12)20-9-5-3-4-8(13)6-9/h3-7,10H,1-2H3,(H2,14,15,16,17,18,19). The maximum atomic E-state index is 12.2. The molecule has 1 aromatic carbocycles. The van der Waals surface area contributed by atoms with Crippen LogP contribution in [0.4, 0.5) is 5.95 Å². The summed E-state index contributed by atoms with van der Waals surface area (Å²) in [6, 6.07) is 6.88. The molecule has 7 nitrogen and oxygen atoms in total. The molecule has 2 rings (SSSR count). The third-order valence-corrected chi connectivity index (χ3v) is 2.74. The minimum atomic E-state index is -0.688. The second-order valence-corrected chi connectivity index (χ2v) is 4.90. The third-order valence-electron chi connectivity index (χ3n) is 2.50. The Morgan fingerprint density at radius 3 is 2.85 bits per heavy atom. The Balaban J connectivity index is 2.08. The highest BCUT2D eigenvalue weighted by Crippen LogP contribution is 2.21. The van der Waals surface area contributed by atoms with Crippen molar-refractivity contribution in [2.75, 3.05) is 5.32 Å². The minimum Gasteiger partial charge on any atom is -0.480 e. The van der Waals surface area contributed by atoms with Gasteiger partial charge in [0.15, 0.2) is 6.10 Å². The maximum absolute atomic E-state index is 12.2. The van der Waals surface area contributed by atoms with Gasteiger partial charge in [-0.05, 0) is 29.3 Å². The van der Waals surface area contributed by atoms with Crippen molar-refractivity contribution in [1.82, 2.24) is 20.6 Å². The number of hydrogen-bond donors (Lipinski definition) is 2. The molecule has 0 aliphatic carbocycles. The van der Waals surface area contributed by atoms with Gasteiger partial charge in [-0.15, -0.1) is 5.10 Å². The molecule has 2 N–H and O–H groups in total. The Labute approximate surface area is 120 Å². The summed E-state index contributed by atoms with van der Waals surface area (Å²) in [6.07, 6.45) is -0.688. The van der Waals surface area contributed by atoms with E-state index >= 15 is 0 Å². The molecule has 0 bridgehead atoms. The van der Waals surface area contributed by atoms with E-state index in [9.17, 15) is 4.79 Å². The Bertz CT molecular complexity index is 573. The molecule has 1 heterocycles. The van der Waals surface area contributed by atoms with Gasteiger partial charge in [-0.2, -0.15) is 5.21 Å². The SMILES string of the molecule is CC(C)C(Oc1cccc(Cl)c1)C(=O)Nc1nn[nH]n1. The van der Waals surface area contributed by atoms with Gasteiger partial charge in [0.1, 0.15) is 5.75 Å². The molecule has 20 heavy (non-hydrogen) atoms. The van der Waals surface area contributed by atoms with E-state index in [-0.39, 0.29) is 17.8 Å². The van der Waals surface area contributed by atoms with Gasteiger partial charge in [0, 0.05) is 5.02 Å². The second-order valence-electron chi connectivity index (χ2n) is 4.46. The van der Waals surface area contributed by atoms with Crippen LogP contribution in [-0.2, 0) is 4.79 Å². The molecule has 8 heteroatoms. The number of benzene rings is 1. The van der Waals surface area contributed by atoms with Crippen molar-refractivity contribution in [3.63, 3.8) is 0 Å². The summed E-state index contributed by atoms with van der Waals surface area (Å²) in [5.74, 6) is 0.247. The first kappa shape index (κ1) is 14.3. The molecule has 0 saturated carbocycles. The fraction of sp³-hybridized carbons (Fsp3) is 0.333. The van der Waals surface area contributed by atoms with Gasteiger partial charge in [-0.1, -0.05) is 36.6 Å². The predicted octanol–water partition coefficient (Wildman–Crippen LogP) is 1.90. The van der Waals surface area contributed by atoms with Crippen LogP contribution in [0.25, 0.3) is 0 Å². The molecule has 1 aromatic heterocycles. The lowest BCUT2D eigenvalue weighted by molar-refractivity contribution is -0.124. The first-order chi connectivity index (χ1) is 9.56. The first-order valence-electron chi connectivity index (χ1n) is 6.03. The van der Waals surface area contributed by atoms with E-state index in [0.717, 1.165) is 0 Å². The Kier molecular flexibility index (Phi) is 4.52. The fourth-order valence-electron chi connectivity index (χ4n) is 1.58. The van der Waals surface area contributed by atoms with Crippen LogP contribution in [0.1, 0.15) is 13.8 Å². The number of carbonyl (C=O) groups excluding carboxylic acids is 1. The Morgan fingerprint density at radius 1 is 1.45 bits per heavy atom. The molecule has 2 aromatic rings. The summed E-state index contributed by atoms with van der Waals surface area (Å²) >= 11 is 5.89. The molecule has 1 amide bonds. The summed E-state index contributed by atoms with van der Waals surface area (Å²) in [7, 11) is 0. The smallest absolute Gasteiger partial charge is 0.269 e. The molecule has 0 aliphatic heterocycles. The van der Waals surface area contributed by atoms with E-state index in [0.29, 0.717) is 10.8 Å². The highest BCUT2D eigenvalue weighted by molar-refractivity contribution is 6.30. The van der Waals surface area contributed by atoms with E-state index in [4.69, 9.17) is 16.3 Å². The van der Waals surface area contributed by atoms with Gasteiger partial charge in [0.05, 0.1) is 0 Å². The van der Waals surface area contributed by atoms with Crippen LogP contribution in [0.2, 0.25) is 5.02 Å². The normalized spacial score (nSPS) is 12.2. The van der Waals surface area contributed by atoms with Crippen LogP contribution in [0.3, 0.4) is 0 Å². The quantitative estimate of drug-likeness (QED) is 0.879. The number of anilines is 1.